The Hall–Kier alpha value is -1.34. The van der Waals surface area contributed by atoms with E-state index < -0.39 is 28.2 Å². The van der Waals surface area contributed by atoms with Crippen LogP contribution in [-0.4, -0.2) is 44.5 Å². The van der Waals surface area contributed by atoms with Crippen molar-refractivity contribution in [2.24, 2.45) is 0 Å². The molecule has 0 radical (unpaired) electrons. The van der Waals surface area contributed by atoms with Gasteiger partial charge in [0.25, 0.3) is 5.91 Å². The number of carboxylic acid groups (broad SMARTS) is 1. The number of thioether (sulfide) groups is 1. The van der Waals surface area contributed by atoms with Gasteiger partial charge in [-0.15, -0.1) is 0 Å². The highest BCUT2D eigenvalue weighted by Gasteiger charge is 2.41. The van der Waals surface area contributed by atoms with Crippen LogP contribution >= 0.6 is 11.8 Å². The van der Waals surface area contributed by atoms with E-state index in [0.717, 1.165) is 17.1 Å². The minimum Gasteiger partial charge on any atom is -0.480 e. The van der Waals surface area contributed by atoms with E-state index in [9.17, 15) is 18.9 Å². The Morgan fingerprint density at radius 3 is 2.64 bits per heavy atom. The van der Waals surface area contributed by atoms with Crippen molar-refractivity contribution in [1.82, 2.24) is 5.32 Å². The summed E-state index contributed by atoms with van der Waals surface area (Å²) in [6.45, 7) is 0. The fraction of sp³-hybridized carbons (Fsp3) is 0.467. The van der Waals surface area contributed by atoms with Crippen molar-refractivity contribution in [3.8, 4) is 0 Å². The maximum Gasteiger partial charge on any atom is 0.329 e. The molecule has 1 aromatic rings. The second-order valence-electron chi connectivity index (χ2n) is 5.37. The molecule has 1 fully saturated rings. The van der Waals surface area contributed by atoms with Gasteiger partial charge in [-0.25, -0.2) is 4.79 Å². The first-order valence-corrected chi connectivity index (χ1v) is 9.84. The van der Waals surface area contributed by atoms with Crippen LogP contribution in [0, 0.1) is 0 Å². The largest absolute Gasteiger partial charge is 0.480 e. The molecule has 22 heavy (non-hydrogen) atoms. The number of carbonyl (C=O) groups excluding carboxylic acids is 1. The molecule has 1 heterocycles. The Bertz CT molecular complexity index is 597. The Morgan fingerprint density at radius 1 is 1.36 bits per heavy atom. The van der Waals surface area contributed by atoms with Crippen molar-refractivity contribution in [2.45, 2.75) is 24.1 Å². The van der Waals surface area contributed by atoms with Crippen LogP contribution in [0.15, 0.2) is 24.3 Å². The summed E-state index contributed by atoms with van der Waals surface area (Å²) in [5, 5.41) is 12.2. The number of hydrogen-bond acceptors (Lipinski definition) is 4. The van der Waals surface area contributed by atoms with Gasteiger partial charge < -0.3 is 10.4 Å². The summed E-state index contributed by atoms with van der Waals surface area (Å²) in [4.78, 5) is 24.0. The average Bonchev–Trinajstić information content (AvgIpc) is 2.47. The summed E-state index contributed by atoms with van der Waals surface area (Å²) in [7, 11) is -0.988. The van der Waals surface area contributed by atoms with Crippen LogP contribution in [0.2, 0.25) is 0 Å². The molecule has 2 N–H and O–H groups in total. The number of benzene rings is 1. The third-order valence-corrected chi connectivity index (χ3v) is 5.39. The smallest absolute Gasteiger partial charge is 0.329 e. The van der Waals surface area contributed by atoms with E-state index >= 15 is 0 Å². The summed E-state index contributed by atoms with van der Waals surface area (Å²) >= 11 is 1.70. The lowest BCUT2D eigenvalue weighted by molar-refractivity contribution is -0.144. The topological polar surface area (TPSA) is 83.5 Å². The molecule has 0 aromatic heterocycles. The summed E-state index contributed by atoms with van der Waals surface area (Å²) in [6.07, 6.45) is 2.46. The molecular weight excluding hydrogens is 322 g/mol. The molecule has 5 nitrogen and oxygen atoms in total. The van der Waals surface area contributed by atoms with Crippen LogP contribution in [-0.2, 0) is 21.3 Å². The Labute approximate surface area is 136 Å². The molecule has 1 atom stereocenters. The number of amides is 1. The first-order chi connectivity index (χ1) is 10.4. The zero-order valence-corrected chi connectivity index (χ0v) is 14.0. The van der Waals surface area contributed by atoms with Crippen molar-refractivity contribution in [3.63, 3.8) is 0 Å². The third kappa shape index (κ3) is 4.10. The van der Waals surface area contributed by atoms with Crippen molar-refractivity contribution in [2.75, 3.05) is 17.8 Å². The van der Waals surface area contributed by atoms with E-state index in [4.69, 9.17) is 0 Å². The SMILES string of the molecule is CS(=O)Cc1cccc(C(=O)NC2(C(=O)O)CCSCC2)c1. The fourth-order valence-corrected chi connectivity index (χ4v) is 4.28. The zero-order chi connectivity index (χ0) is 16.2. The highest BCUT2D eigenvalue weighted by atomic mass is 32.2. The maximum absolute atomic E-state index is 12.4. The Kier molecular flexibility index (Phi) is 5.63. The molecule has 7 heteroatoms. The number of nitrogens with one attached hydrogen (secondary N) is 1. The lowest BCUT2D eigenvalue weighted by Gasteiger charge is -2.33. The van der Waals surface area contributed by atoms with E-state index in [0.29, 0.717) is 24.2 Å². The predicted molar refractivity (Wildman–Crippen MR) is 88.6 cm³/mol. The lowest BCUT2D eigenvalue weighted by Crippen LogP contribution is -2.56. The van der Waals surface area contributed by atoms with Crippen LogP contribution in [0.4, 0.5) is 0 Å². The highest BCUT2D eigenvalue weighted by Crippen LogP contribution is 2.27. The quantitative estimate of drug-likeness (QED) is 0.851. The summed E-state index contributed by atoms with van der Waals surface area (Å²) in [5.41, 5.74) is 0.0326. The molecule has 0 aliphatic carbocycles. The van der Waals surface area contributed by atoms with E-state index in [1.54, 1.807) is 36.2 Å². The van der Waals surface area contributed by atoms with E-state index in [-0.39, 0.29) is 0 Å². The van der Waals surface area contributed by atoms with Gasteiger partial charge in [-0.3, -0.25) is 9.00 Å². The normalized spacial score (nSPS) is 18.4. The van der Waals surface area contributed by atoms with Gasteiger partial charge in [0.1, 0.15) is 5.54 Å². The fourth-order valence-electron chi connectivity index (χ4n) is 2.44. The van der Waals surface area contributed by atoms with Crippen LogP contribution in [0.1, 0.15) is 28.8 Å². The van der Waals surface area contributed by atoms with E-state index in [1.165, 1.54) is 0 Å². The van der Waals surface area contributed by atoms with Gasteiger partial charge in [0.15, 0.2) is 0 Å². The van der Waals surface area contributed by atoms with Crippen molar-refractivity contribution >= 4 is 34.4 Å². The van der Waals surface area contributed by atoms with Crippen molar-refractivity contribution < 1.29 is 18.9 Å². The molecular formula is C15H19NO4S2. The number of aliphatic carboxylic acids is 1. The van der Waals surface area contributed by atoms with Gasteiger partial charge in [0, 0.05) is 28.4 Å². The molecule has 0 bridgehead atoms. The first-order valence-electron chi connectivity index (χ1n) is 6.95. The molecule has 1 aliphatic heterocycles. The second kappa shape index (κ2) is 7.28. The minimum atomic E-state index is -1.17. The molecule has 1 amide bonds. The Morgan fingerprint density at radius 2 is 2.05 bits per heavy atom. The van der Waals surface area contributed by atoms with Gasteiger partial charge >= 0.3 is 5.97 Å². The van der Waals surface area contributed by atoms with Gasteiger partial charge in [0.2, 0.25) is 0 Å². The summed E-state index contributed by atoms with van der Waals surface area (Å²) in [6, 6.07) is 6.85. The van der Waals surface area contributed by atoms with E-state index in [1.807, 2.05) is 6.07 Å². The van der Waals surface area contributed by atoms with E-state index in [2.05, 4.69) is 5.32 Å². The first kappa shape index (κ1) is 17.0. The van der Waals surface area contributed by atoms with Crippen LogP contribution in [0.5, 0.6) is 0 Å². The number of carboxylic acids is 1. The number of carbonyl (C=O) groups is 2. The molecule has 0 saturated carbocycles. The van der Waals surface area contributed by atoms with Crippen molar-refractivity contribution in [3.05, 3.63) is 35.4 Å². The molecule has 2 rings (SSSR count). The number of rotatable bonds is 5. The highest BCUT2D eigenvalue weighted by molar-refractivity contribution is 7.99. The molecule has 120 valence electrons. The summed E-state index contributed by atoms with van der Waals surface area (Å²) < 4.78 is 11.3. The zero-order valence-electron chi connectivity index (χ0n) is 12.3. The molecule has 1 unspecified atom stereocenters. The average molecular weight is 341 g/mol. The second-order valence-corrected chi connectivity index (χ2v) is 8.03. The monoisotopic (exact) mass is 341 g/mol. The maximum atomic E-state index is 12.4. The number of hydrogen-bond donors (Lipinski definition) is 2. The van der Waals surface area contributed by atoms with Crippen LogP contribution in [0.3, 0.4) is 0 Å². The Balaban J connectivity index is 2.17. The van der Waals surface area contributed by atoms with Gasteiger partial charge in [-0.05, 0) is 42.0 Å². The van der Waals surface area contributed by atoms with Gasteiger partial charge in [-0.1, -0.05) is 12.1 Å². The standard InChI is InChI=1S/C15H19NO4S2/c1-22(20)10-11-3-2-4-12(9-11)13(17)16-15(14(18)19)5-7-21-8-6-15/h2-4,9H,5-8,10H2,1H3,(H,16,17)(H,18,19). The molecule has 1 aromatic carbocycles. The molecule has 1 aliphatic rings. The van der Waals surface area contributed by atoms with Gasteiger partial charge in [0.05, 0.1) is 0 Å². The van der Waals surface area contributed by atoms with Crippen LogP contribution in [0.25, 0.3) is 0 Å². The lowest BCUT2D eigenvalue weighted by atomic mass is 9.91. The molecule has 1 saturated heterocycles. The van der Waals surface area contributed by atoms with Gasteiger partial charge in [-0.2, -0.15) is 11.8 Å². The van der Waals surface area contributed by atoms with Crippen LogP contribution < -0.4 is 5.32 Å². The van der Waals surface area contributed by atoms with Crippen molar-refractivity contribution in [1.29, 1.82) is 0 Å². The summed E-state index contributed by atoms with van der Waals surface area (Å²) in [5.74, 6) is 0.454. The predicted octanol–water partition coefficient (Wildman–Crippen LogP) is 1.65. The third-order valence-electron chi connectivity index (χ3n) is 3.67. The minimum absolute atomic E-state index is 0.377. The molecule has 0 spiro atoms.